The van der Waals surface area contributed by atoms with Crippen LogP contribution in [0.25, 0.3) is 0 Å². The first kappa shape index (κ1) is 17.0. The summed E-state index contributed by atoms with van der Waals surface area (Å²) in [6, 6.07) is 11.0. The minimum absolute atomic E-state index is 0.0189. The third-order valence-electron chi connectivity index (χ3n) is 4.05. The summed E-state index contributed by atoms with van der Waals surface area (Å²) in [5.74, 6) is -0.210. The van der Waals surface area contributed by atoms with Crippen LogP contribution < -0.4 is 15.0 Å². The second-order valence-electron chi connectivity index (χ2n) is 5.91. The fraction of sp³-hybridized carbons (Fsp3) is 0.263. The van der Waals surface area contributed by atoms with Gasteiger partial charge in [0.05, 0.1) is 0 Å². The van der Waals surface area contributed by atoms with Crippen LogP contribution in [0, 0.1) is 5.82 Å². The molecule has 2 amide bonds. The smallest absolute Gasteiger partial charge is 0.262 e. The van der Waals surface area contributed by atoms with Gasteiger partial charge in [-0.3, -0.25) is 9.59 Å². The molecule has 25 heavy (non-hydrogen) atoms. The van der Waals surface area contributed by atoms with Gasteiger partial charge in [0.15, 0.2) is 6.61 Å². The van der Waals surface area contributed by atoms with Crippen LogP contribution in [-0.2, 0) is 16.0 Å². The first-order valence-corrected chi connectivity index (χ1v) is 8.12. The van der Waals surface area contributed by atoms with Crippen molar-refractivity contribution in [2.24, 2.45) is 0 Å². The summed E-state index contributed by atoms with van der Waals surface area (Å²) in [6.07, 6.45) is 1.77. The summed E-state index contributed by atoms with van der Waals surface area (Å²) >= 11 is 0. The van der Waals surface area contributed by atoms with E-state index in [-0.39, 0.29) is 24.2 Å². The van der Waals surface area contributed by atoms with Crippen LogP contribution in [-0.4, -0.2) is 25.0 Å². The highest BCUT2D eigenvalue weighted by atomic mass is 19.1. The number of nitrogens with zero attached hydrogens (tertiary/aromatic N) is 1. The summed E-state index contributed by atoms with van der Waals surface area (Å²) in [5.41, 5.74) is 2.61. The zero-order valence-corrected chi connectivity index (χ0v) is 13.9. The molecule has 1 aliphatic rings. The molecule has 0 aromatic heterocycles. The van der Waals surface area contributed by atoms with E-state index in [0.29, 0.717) is 11.4 Å². The summed E-state index contributed by atoms with van der Waals surface area (Å²) < 4.78 is 18.2. The standard InChI is InChI=1S/C19H19FN2O3/c1-13(23)22-10-2-3-14-11-16(6-9-18(14)22)21-19(24)12-25-17-7-4-15(20)5-8-17/h4-9,11H,2-3,10,12H2,1H3,(H,21,24). The number of halogens is 1. The van der Waals surface area contributed by atoms with Gasteiger partial charge in [-0.05, 0) is 60.9 Å². The van der Waals surface area contributed by atoms with E-state index in [2.05, 4.69) is 5.32 Å². The minimum Gasteiger partial charge on any atom is -0.484 e. The Kier molecular flexibility index (Phi) is 4.97. The summed E-state index contributed by atoms with van der Waals surface area (Å²) in [5, 5.41) is 2.78. The number of benzene rings is 2. The molecule has 1 aliphatic heterocycles. The number of ether oxygens (including phenoxy) is 1. The van der Waals surface area contributed by atoms with Crippen molar-refractivity contribution < 1.29 is 18.7 Å². The van der Waals surface area contributed by atoms with Crippen LogP contribution >= 0.6 is 0 Å². The number of nitrogens with one attached hydrogen (secondary N) is 1. The molecule has 0 spiro atoms. The number of carbonyl (C=O) groups excluding carboxylic acids is 2. The van der Waals surface area contributed by atoms with Gasteiger partial charge in [-0.2, -0.15) is 0 Å². The molecule has 0 aliphatic carbocycles. The molecule has 0 radical (unpaired) electrons. The number of rotatable bonds is 4. The highest BCUT2D eigenvalue weighted by Gasteiger charge is 2.20. The van der Waals surface area contributed by atoms with Crippen LogP contribution in [0.15, 0.2) is 42.5 Å². The molecule has 0 saturated carbocycles. The van der Waals surface area contributed by atoms with E-state index in [9.17, 15) is 14.0 Å². The quantitative estimate of drug-likeness (QED) is 0.929. The van der Waals surface area contributed by atoms with E-state index < -0.39 is 0 Å². The van der Waals surface area contributed by atoms with Gasteiger partial charge < -0.3 is 15.0 Å². The van der Waals surface area contributed by atoms with Crippen LogP contribution in [0.4, 0.5) is 15.8 Å². The van der Waals surface area contributed by atoms with Gasteiger partial charge in [0, 0.05) is 24.8 Å². The molecular weight excluding hydrogens is 323 g/mol. The van der Waals surface area contributed by atoms with E-state index in [4.69, 9.17) is 4.74 Å². The van der Waals surface area contributed by atoms with Crippen molar-refractivity contribution in [2.45, 2.75) is 19.8 Å². The second kappa shape index (κ2) is 7.34. The van der Waals surface area contributed by atoms with Gasteiger partial charge in [-0.25, -0.2) is 4.39 Å². The van der Waals surface area contributed by atoms with Crippen molar-refractivity contribution in [3.63, 3.8) is 0 Å². The summed E-state index contributed by atoms with van der Waals surface area (Å²) in [4.78, 5) is 25.5. The normalized spacial score (nSPS) is 13.1. The van der Waals surface area contributed by atoms with Crippen molar-refractivity contribution >= 4 is 23.2 Å². The molecule has 5 nitrogen and oxygen atoms in total. The topological polar surface area (TPSA) is 58.6 Å². The predicted octanol–water partition coefficient (Wildman–Crippen LogP) is 3.14. The van der Waals surface area contributed by atoms with Gasteiger partial charge in [0.1, 0.15) is 11.6 Å². The van der Waals surface area contributed by atoms with Crippen LogP contribution in [0.5, 0.6) is 5.75 Å². The Labute approximate surface area is 145 Å². The van der Waals surface area contributed by atoms with E-state index in [0.717, 1.165) is 30.6 Å². The zero-order valence-electron chi connectivity index (χ0n) is 13.9. The minimum atomic E-state index is -0.356. The maximum absolute atomic E-state index is 12.8. The first-order valence-electron chi connectivity index (χ1n) is 8.12. The third-order valence-corrected chi connectivity index (χ3v) is 4.05. The molecule has 0 saturated heterocycles. The van der Waals surface area contributed by atoms with Crippen LogP contribution in [0.2, 0.25) is 0 Å². The molecule has 6 heteroatoms. The van der Waals surface area contributed by atoms with E-state index in [1.165, 1.54) is 24.3 Å². The molecule has 1 heterocycles. The van der Waals surface area contributed by atoms with Crippen LogP contribution in [0.1, 0.15) is 18.9 Å². The lowest BCUT2D eigenvalue weighted by atomic mass is 10.0. The summed E-state index contributed by atoms with van der Waals surface area (Å²) in [6.45, 7) is 2.11. The van der Waals surface area contributed by atoms with Crippen molar-refractivity contribution in [3.8, 4) is 5.75 Å². The lowest BCUT2D eigenvalue weighted by Crippen LogP contribution is -2.33. The molecule has 0 fully saturated rings. The van der Waals surface area contributed by atoms with Gasteiger partial charge >= 0.3 is 0 Å². The number of hydrogen-bond donors (Lipinski definition) is 1. The van der Waals surface area contributed by atoms with Crippen molar-refractivity contribution in [1.29, 1.82) is 0 Å². The van der Waals surface area contributed by atoms with E-state index in [1.54, 1.807) is 17.9 Å². The molecule has 1 N–H and O–H groups in total. The Balaban J connectivity index is 1.62. The maximum atomic E-state index is 12.8. The first-order chi connectivity index (χ1) is 12.0. The Bertz CT molecular complexity index is 790. The number of aryl methyl sites for hydroxylation is 1. The zero-order chi connectivity index (χ0) is 17.8. The van der Waals surface area contributed by atoms with Gasteiger partial charge in [0.2, 0.25) is 5.91 Å². The monoisotopic (exact) mass is 342 g/mol. The maximum Gasteiger partial charge on any atom is 0.262 e. The molecular formula is C19H19FN2O3. The average molecular weight is 342 g/mol. The fourth-order valence-electron chi connectivity index (χ4n) is 2.88. The lowest BCUT2D eigenvalue weighted by molar-refractivity contribution is -0.118. The van der Waals surface area contributed by atoms with E-state index >= 15 is 0 Å². The Morgan fingerprint density at radius 1 is 1.20 bits per heavy atom. The molecule has 2 aromatic rings. The number of fused-ring (bicyclic) bond motifs is 1. The number of carbonyl (C=O) groups is 2. The molecule has 2 aromatic carbocycles. The SMILES string of the molecule is CC(=O)N1CCCc2cc(NC(=O)COc3ccc(F)cc3)ccc21. The number of hydrogen-bond acceptors (Lipinski definition) is 3. The van der Waals surface area contributed by atoms with Crippen molar-refractivity contribution in [3.05, 3.63) is 53.8 Å². The molecule has 3 rings (SSSR count). The molecule has 0 bridgehead atoms. The average Bonchev–Trinajstić information content (AvgIpc) is 2.60. The third kappa shape index (κ3) is 4.15. The Morgan fingerprint density at radius 2 is 1.96 bits per heavy atom. The largest absolute Gasteiger partial charge is 0.484 e. The van der Waals surface area contributed by atoms with Gasteiger partial charge in [-0.1, -0.05) is 0 Å². The van der Waals surface area contributed by atoms with Crippen molar-refractivity contribution in [2.75, 3.05) is 23.4 Å². The number of amides is 2. The molecule has 0 atom stereocenters. The Morgan fingerprint density at radius 3 is 2.68 bits per heavy atom. The second-order valence-corrected chi connectivity index (χ2v) is 5.91. The highest BCUT2D eigenvalue weighted by molar-refractivity contribution is 5.95. The van der Waals surface area contributed by atoms with Crippen LogP contribution in [0.3, 0.4) is 0 Å². The fourth-order valence-corrected chi connectivity index (χ4v) is 2.88. The molecule has 130 valence electrons. The van der Waals surface area contributed by atoms with Gasteiger partial charge in [-0.15, -0.1) is 0 Å². The highest BCUT2D eigenvalue weighted by Crippen LogP contribution is 2.29. The van der Waals surface area contributed by atoms with Crippen molar-refractivity contribution in [1.82, 2.24) is 0 Å². The summed E-state index contributed by atoms with van der Waals surface area (Å²) in [7, 11) is 0. The lowest BCUT2D eigenvalue weighted by Gasteiger charge is -2.29. The Hall–Kier alpha value is -2.89. The van der Waals surface area contributed by atoms with Gasteiger partial charge in [0.25, 0.3) is 5.91 Å². The number of anilines is 2. The molecule has 0 unspecified atom stereocenters. The predicted molar refractivity (Wildman–Crippen MR) is 93.3 cm³/mol. The van der Waals surface area contributed by atoms with E-state index in [1.807, 2.05) is 12.1 Å².